The van der Waals surface area contributed by atoms with E-state index in [0.29, 0.717) is 12.1 Å². The maximum atomic E-state index is 14.0. The van der Waals surface area contributed by atoms with Crippen LogP contribution in [0.2, 0.25) is 0 Å². The fourth-order valence-corrected chi connectivity index (χ4v) is 2.62. The van der Waals surface area contributed by atoms with E-state index in [2.05, 4.69) is 0 Å². The van der Waals surface area contributed by atoms with E-state index in [0.717, 1.165) is 11.6 Å². The fourth-order valence-electron chi connectivity index (χ4n) is 2.62. The second-order valence-electron chi connectivity index (χ2n) is 7.61. The van der Waals surface area contributed by atoms with Crippen molar-refractivity contribution in [1.82, 2.24) is 4.90 Å². The Morgan fingerprint density at radius 3 is 2.19 bits per heavy atom. The second-order valence-corrected chi connectivity index (χ2v) is 7.61. The molecule has 0 bridgehead atoms. The molecule has 0 spiro atoms. The number of hydrogen-bond donors (Lipinski definition) is 1. The largest absolute Gasteiger partial charge is 0.389 e. The van der Waals surface area contributed by atoms with E-state index < -0.39 is 17.7 Å². The van der Waals surface area contributed by atoms with E-state index in [1.807, 2.05) is 25.7 Å². The maximum absolute atomic E-state index is 14.0. The summed E-state index contributed by atoms with van der Waals surface area (Å²) < 4.78 is 45.9. The topological polar surface area (TPSA) is 32.7 Å². The summed E-state index contributed by atoms with van der Waals surface area (Å²) in [6, 6.07) is 9.41. The van der Waals surface area contributed by atoms with Gasteiger partial charge in [0.1, 0.15) is 17.5 Å². The summed E-state index contributed by atoms with van der Waals surface area (Å²) in [6.07, 6.45) is -0.784. The third kappa shape index (κ3) is 7.71. The van der Waals surface area contributed by atoms with Gasteiger partial charge in [-0.25, -0.2) is 13.2 Å². The number of benzene rings is 2. The zero-order valence-electron chi connectivity index (χ0n) is 15.9. The van der Waals surface area contributed by atoms with Crippen LogP contribution in [-0.4, -0.2) is 34.9 Å². The lowest BCUT2D eigenvalue weighted by molar-refractivity contribution is -0.0573. The Morgan fingerprint density at radius 2 is 1.59 bits per heavy atom. The van der Waals surface area contributed by atoms with Gasteiger partial charge in [-0.3, -0.25) is 4.90 Å². The second kappa shape index (κ2) is 9.35. The first-order chi connectivity index (χ1) is 12.6. The predicted molar refractivity (Wildman–Crippen MR) is 98.6 cm³/mol. The van der Waals surface area contributed by atoms with Gasteiger partial charge in [0.15, 0.2) is 0 Å². The SMILES string of the molecule is CC(C)(C)OC[C@@H](O)CN(Cc1ccc(F)cc1)Cc1ccc(F)cc1F. The van der Waals surface area contributed by atoms with Crippen LogP contribution in [0.1, 0.15) is 31.9 Å². The van der Waals surface area contributed by atoms with Crippen LogP contribution in [-0.2, 0) is 17.8 Å². The van der Waals surface area contributed by atoms with Gasteiger partial charge in [0, 0.05) is 31.3 Å². The summed E-state index contributed by atoms with van der Waals surface area (Å²) in [5.41, 5.74) is 0.761. The molecule has 2 rings (SSSR count). The molecule has 2 aromatic rings. The van der Waals surface area contributed by atoms with Crippen LogP contribution in [0.3, 0.4) is 0 Å². The summed E-state index contributed by atoms with van der Waals surface area (Å²) >= 11 is 0. The van der Waals surface area contributed by atoms with Crippen LogP contribution in [0, 0.1) is 17.5 Å². The number of ether oxygens (including phenoxy) is 1. The highest BCUT2D eigenvalue weighted by Crippen LogP contribution is 2.16. The van der Waals surface area contributed by atoms with E-state index >= 15 is 0 Å². The van der Waals surface area contributed by atoms with Crippen molar-refractivity contribution in [2.75, 3.05) is 13.2 Å². The van der Waals surface area contributed by atoms with Crippen LogP contribution >= 0.6 is 0 Å². The lowest BCUT2D eigenvalue weighted by Gasteiger charge is -2.27. The average molecular weight is 381 g/mol. The first-order valence-electron chi connectivity index (χ1n) is 8.85. The van der Waals surface area contributed by atoms with Crippen LogP contribution < -0.4 is 0 Å². The molecule has 1 atom stereocenters. The van der Waals surface area contributed by atoms with Gasteiger partial charge in [-0.1, -0.05) is 18.2 Å². The predicted octanol–water partition coefficient (Wildman–Crippen LogP) is 4.28. The molecule has 6 heteroatoms. The Bertz CT molecular complexity index is 729. The van der Waals surface area contributed by atoms with Gasteiger partial charge < -0.3 is 9.84 Å². The Hall–Kier alpha value is -1.89. The summed E-state index contributed by atoms with van der Waals surface area (Å²) in [7, 11) is 0. The highest BCUT2D eigenvalue weighted by Gasteiger charge is 2.18. The van der Waals surface area contributed by atoms with E-state index in [4.69, 9.17) is 4.74 Å². The minimum Gasteiger partial charge on any atom is -0.389 e. The van der Waals surface area contributed by atoms with Crippen molar-refractivity contribution in [3.8, 4) is 0 Å². The van der Waals surface area contributed by atoms with Crippen molar-refractivity contribution in [2.24, 2.45) is 0 Å². The highest BCUT2D eigenvalue weighted by molar-refractivity contribution is 5.20. The third-order valence-corrected chi connectivity index (χ3v) is 3.91. The first kappa shape index (κ1) is 21.4. The molecule has 2 aromatic carbocycles. The molecule has 0 saturated heterocycles. The van der Waals surface area contributed by atoms with E-state index in [-0.39, 0.29) is 31.1 Å². The summed E-state index contributed by atoms with van der Waals surface area (Å²) in [4.78, 5) is 1.82. The van der Waals surface area contributed by atoms with Crippen molar-refractivity contribution < 1.29 is 23.0 Å². The van der Waals surface area contributed by atoms with E-state index in [1.165, 1.54) is 24.3 Å². The van der Waals surface area contributed by atoms with Crippen LogP contribution in [0.5, 0.6) is 0 Å². The fraction of sp³-hybridized carbons (Fsp3) is 0.429. The Labute approximate surface area is 158 Å². The number of nitrogens with zero attached hydrogens (tertiary/aromatic N) is 1. The molecule has 0 aromatic heterocycles. The number of halogens is 3. The van der Waals surface area contributed by atoms with E-state index in [1.54, 1.807) is 12.1 Å². The van der Waals surface area contributed by atoms with E-state index in [9.17, 15) is 18.3 Å². The molecule has 0 fully saturated rings. The van der Waals surface area contributed by atoms with Crippen molar-refractivity contribution in [2.45, 2.75) is 45.6 Å². The molecule has 0 amide bonds. The van der Waals surface area contributed by atoms with Gasteiger partial charge in [-0.15, -0.1) is 0 Å². The Morgan fingerprint density at radius 1 is 0.963 bits per heavy atom. The van der Waals surface area contributed by atoms with Gasteiger partial charge in [0.2, 0.25) is 0 Å². The summed E-state index contributed by atoms with van der Waals surface area (Å²) in [5.74, 6) is -1.62. The van der Waals surface area contributed by atoms with Crippen LogP contribution in [0.4, 0.5) is 13.2 Å². The van der Waals surface area contributed by atoms with Gasteiger partial charge in [-0.2, -0.15) is 0 Å². The molecule has 0 aliphatic rings. The highest BCUT2D eigenvalue weighted by atomic mass is 19.1. The number of rotatable bonds is 8. The zero-order valence-corrected chi connectivity index (χ0v) is 15.9. The number of aliphatic hydroxyl groups excluding tert-OH is 1. The van der Waals surface area contributed by atoms with Gasteiger partial charge in [0.25, 0.3) is 0 Å². The molecule has 1 N–H and O–H groups in total. The van der Waals surface area contributed by atoms with Crippen molar-refractivity contribution in [3.05, 3.63) is 71.0 Å². The van der Waals surface area contributed by atoms with Crippen LogP contribution in [0.25, 0.3) is 0 Å². The molecule has 0 unspecified atom stereocenters. The minimum absolute atomic E-state index is 0.134. The molecule has 0 heterocycles. The van der Waals surface area contributed by atoms with Gasteiger partial charge >= 0.3 is 0 Å². The zero-order chi connectivity index (χ0) is 20.0. The molecule has 3 nitrogen and oxygen atoms in total. The first-order valence-corrected chi connectivity index (χ1v) is 8.85. The quantitative estimate of drug-likeness (QED) is 0.741. The van der Waals surface area contributed by atoms with Crippen LogP contribution in [0.15, 0.2) is 42.5 Å². The Kier molecular flexibility index (Phi) is 7.41. The average Bonchev–Trinajstić information content (AvgIpc) is 2.57. The molecule has 148 valence electrons. The Balaban J connectivity index is 2.10. The summed E-state index contributed by atoms with van der Waals surface area (Å²) in [5, 5.41) is 10.3. The monoisotopic (exact) mass is 381 g/mol. The van der Waals surface area contributed by atoms with Crippen molar-refractivity contribution in [3.63, 3.8) is 0 Å². The molecule has 0 aliphatic heterocycles. The number of hydrogen-bond acceptors (Lipinski definition) is 3. The molecule has 27 heavy (non-hydrogen) atoms. The molecular weight excluding hydrogens is 355 g/mol. The molecule has 0 aliphatic carbocycles. The summed E-state index contributed by atoms with van der Waals surface area (Å²) in [6.45, 7) is 6.59. The normalized spacial score (nSPS) is 13.2. The lowest BCUT2D eigenvalue weighted by atomic mass is 10.1. The minimum atomic E-state index is -0.784. The smallest absolute Gasteiger partial charge is 0.130 e. The standard InChI is InChI=1S/C21H26F3NO2/c1-21(2,3)27-14-19(26)13-25(11-15-4-7-17(22)8-5-15)12-16-6-9-18(23)10-20(16)24/h4-10,19,26H,11-14H2,1-3H3/t19-/m0/s1. The van der Waals surface area contributed by atoms with Gasteiger partial charge in [0.05, 0.1) is 18.3 Å². The van der Waals surface area contributed by atoms with Crippen molar-refractivity contribution >= 4 is 0 Å². The molecule has 0 saturated carbocycles. The molecular formula is C21H26F3NO2. The third-order valence-electron chi connectivity index (χ3n) is 3.91. The van der Waals surface area contributed by atoms with Crippen molar-refractivity contribution in [1.29, 1.82) is 0 Å². The van der Waals surface area contributed by atoms with Gasteiger partial charge in [-0.05, 0) is 44.5 Å². The maximum Gasteiger partial charge on any atom is 0.130 e. The number of aliphatic hydroxyl groups is 1. The molecule has 0 radical (unpaired) electrons. The lowest BCUT2D eigenvalue weighted by Crippen LogP contribution is -2.36.